The van der Waals surface area contributed by atoms with E-state index in [4.69, 9.17) is 4.74 Å². The fourth-order valence-electron chi connectivity index (χ4n) is 5.44. The number of carboxylic acids is 1. The van der Waals surface area contributed by atoms with Crippen molar-refractivity contribution in [2.24, 2.45) is 0 Å². The maximum absolute atomic E-state index is 15.7. The summed E-state index contributed by atoms with van der Waals surface area (Å²) >= 11 is 0. The van der Waals surface area contributed by atoms with E-state index in [1.807, 2.05) is 43.3 Å². The van der Waals surface area contributed by atoms with Gasteiger partial charge in [-0.3, -0.25) is 9.69 Å². The van der Waals surface area contributed by atoms with Gasteiger partial charge in [0.05, 0.1) is 11.9 Å². The molecule has 0 saturated carbocycles. The molecule has 1 aliphatic rings. The van der Waals surface area contributed by atoms with E-state index in [-0.39, 0.29) is 17.5 Å². The summed E-state index contributed by atoms with van der Waals surface area (Å²) < 4.78 is 23.6. The largest absolute Gasteiger partial charge is 0.486 e. The molecule has 1 aliphatic heterocycles. The van der Waals surface area contributed by atoms with Crippen LogP contribution in [0.25, 0.3) is 11.0 Å². The third-order valence-electron chi connectivity index (χ3n) is 7.24. The van der Waals surface area contributed by atoms with Gasteiger partial charge in [-0.25, -0.2) is 9.07 Å². The molecule has 198 valence electrons. The average molecular weight is 517 g/mol. The Bertz CT molecular complexity index is 1500. The number of hydrogen-bond acceptors (Lipinski definition) is 5. The van der Waals surface area contributed by atoms with Crippen molar-refractivity contribution >= 4 is 17.0 Å². The van der Waals surface area contributed by atoms with Gasteiger partial charge in [-0.05, 0) is 62.1 Å². The van der Waals surface area contributed by atoms with Gasteiger partial charge in [0.2, 0.25) is 0 Å². The van der Waals surface area contributed by atoms with Crippen LogP contribution in [0.15, 0.2) is 54.6 Å². The first-order valence-corrected chi connectivity index (χ1v) is 13.0. The molecule has 2 heterocycles. The molecule has 0 radical (unpaired) electrons. The zero-order valence-corrected chi connectivity index (χ0v) is 22.2. The van der Waals surface area contributed by atoms with Crippen LogP contribution in [0.1, 0.15) is 60.9 Å². The lowest BCUT2D eigenvalue weighted by atomic mass is 9.86. The third kappa shape index (κ3) is 5.13. The summed E-state index contributed by atoms with van der Waals surface area (Å²) in [6.45, 7) is 10.8. The van der Waals surface area contributed by atoms with Gasteiger partial charge < -0.3 is 9.84 Å². The molecule has 5 rings (SSSR count). The number of para-hydroxylation sites is 1. The fourth-order valence-corrected chi connectivity index (χ4v) is 5.44. The highest BCUT2D eigenvalue weighted by atomic mass is 19.1. The lowest BCUT2D eigenvalue weighted by Crippen LogP contribution is -2.40. The Morgan fingerprint density at radius 3 is 2.74 bits per heavy atom. The first-order valence-electron chi connectivity index (χ1n) is 13.0. The monoisotopic (exact) mass is 516 g/mol. The number of ether oxygens (including phenoxy) is 1. The summed E-state index contributed by atoms with van der Waals surface area (Å²) in [5.41, 5.74) is 4.77. The van der Waals surface area contributed by atoms with Crippen LogP contribution in [0, 0.1) is 12.7 Å². The number of hydrogen-bond donors (Lipinski definition) is 1. The van der Waals surface area contributed by atoms with Crippen LogP contribution in [-0.2, 0) is 24.4 Å². The van der Waals surface area contributed by atoms with Crippen molar-refractivity contribution in [1.82, 2.24) is 19.9 Å². The summed E-state index contributed by atoms with van der Waals surface area (Å²) in [4.78, 5) is 14.2. The summed E-state index contributed by atoms with van der Waals surface area (Å²) in [5.74, 6) is -1.26. The number of fused-ring (bicyclic) bond motifs is 2. The van der Waals surface area contributed by atoms with E-state index < -0.39 is 17.7 Å². The van der Waals surface area contributed by atoms with Gasteiger partial charge in [0.1, 0.15) is 16.9 Å². The number of carboxylic acid groups (broad SMARTS) is 1. The zero-order valence-electron chi connectivity index (χ0n) is 22.2. The second-order valence-corrected chi connectivity index (χ2v) is 10.7. The van der Waals surface area contributed by atoms with Crippen LogP contribution in [0.3, 0.4) is 0 Å². The van der Waals surface area contributed by atoms with E-state index in [9.17, 15) is 9.90 Å². The summed E-state index contributed by atoms with van der Waals surface area (Å²) in [7, 11) is 0. The molecule has 0 saturated heterocycles. The minimum atomic E-state index is -0.989. The Morgan fingerprint density at radius 1 is 1.18 bits per heavy atom. The van der Waals surface area contributed by atoms with E-state index in [1.54, 1.807) is 16.8 Å². The van der Waals surface area contributed by atoms with Crippen molar-refractivity contribution in [1.29, 1.82) is 0 Å². The lowest BCUT2D eigenvalue weighted by Gasteiger charge is -2.30. The van der Waals surface area contributed by atoms with E-state index in [0.29, 0.717) is 24.2 Å². The Hall–Kier alpha value is -3.78. The van der Waals surface area contributed by atoms with E-state index in [0.717, 1.165) is 41.1 Å². The van der Waals surface area contributed by atoms with Crippen LogP contribution in [0.2, 0.25) is 0 Å². The highest BCUT2D eigenvalue weighted by molar-refractivity contribution is 5.77. The smallest absolute Gasteiger partial charge is 0.304 e. The van der Waals surface area contributed by atoms with Gasteiger partial charge in [0.15, 0.2) is 5.82 Å². The Balaban J connectivity index is 1.51. The molecule has 1 aromatic heterocycles. The van der Waals surface area contributed by atoms with Crippen molar-refractivity contribution in [3.8, 4) is 5.75 Å². The third-order valence-corrected chi connectivity index (χ3v) is 7.24. The van der Waals surface area contributed by atoms with Crippen LogP contribution in [0.5, 0.6) is 5.75 Å². The molecule has 1 N–H and O–H groups in total. The van der Waals surface area contributed by atoms with Gasteiger partial charge in [-0.15, -0.1) is 5.10 Å². The Morgan fingerprint density at radius 2 is 1.97 bits per heavy atom. The molecule has 8 heteroatoms. The van der Waals surface area contributed by atoms with Crippen LogP contribution >= 0.6 is 0 Å². The Kier molecular flexibility index (Phi) is 6.92. The minimum absolute atomic E-state index is 0.164. The van der Waals surface area contributed by atoms with E-state index >= 15 is 4.39 Å². The number of benzene rings is 3. The van der Waals surface area contributed by atoms with Crippen molar-refractivity contribution < 1.29 is 19.0 Å². The highest BCUT2D eigenvalue weighted by Gasteiger charge is 2.30. The maximum Gasteiger partial charge on any atom is 0.304 e. The van der Waals surface area contributed by atoms with Crippen molar-refractivity contribution in [3.63, 3.8) is 0 Å². The average Bonchev–Trinajstić information content (AvgIpc) is 3.23. The van der Waals surface area contributed by atoms with Crippen LogP contribution in [-0.4, -0.2) is 43.1 Å². The first kappa shape index (κ1) is 25.9. The first-order chi connectivity index (χ1) is 18.1. The van der Waals surface area contributed by atoms with Crippen molar-refractivity contribution in [2.75, 3.05) is 6.54 Å². The lowest BCUT2D eigenvalue weighted by molar-refractivity contribution is -0.137. The summed E-state index contributed by atoms with van der Waals surface area (Å²) in [6.07, 6.45) is -0.231. The second-order valence-electron chi connectivity index (χ2n) is 10.7. The molecule has 0 bridgehead atoms. The number of aryl methyl sites for hydroxylation is 2. The highest BCUT2D eigenvalue weighted by Crippen LogP contribution is 2.35. The van der Waals surface area contributed by atoms with Crippen LogP contribution in [0.4, 0.5) is 4.39 Å². The molecule has 0 aliphatic carbocycles. The molecule has 1 unspecified atom stereocenters. The van der Waals surface area contributed by atoms with E-state index in [1.165, 1.54) is 0 Å². The zero-order chi connectivity index (χ0) is 27.0. The molecule has 1 atom stereocenters. The topological polar surface area (TPSA) is 80.5 Å². The van der Waals surface area contributed by atoms with Crippen molar-refractivity contribution in [3.05, 3.63) is 88.2 Å². The molecule has 3 aromatic carbocycles. The number of halogens is 1. The van der Waals surface area contributed by atoms with Gasteiger partial charge >= 0.3 is 5.97 Å². The predicted molar refractivity (Wildman–Crippen MR) is 144 cm³/mol. The molecule has 0 amide bonds. The number of carbonyl (C=O) groups is 1. The quantitative estimate of drug-likeness (QED) is 0.341. The maximum atomic E-state index is 15.7. The molecular weight excluding hydrogens is 483 g/mol. The Labute approximate surface area is 221 Å². The summed E-state index contributed by atoms with van der Waals surface area (Å²) in [5, 5.41) is 17.8. The predicted octanol–water partition coefficient (Wildman–Crippen LogP) is 5.68. The molecular formula is C30H33FN4O3. The van der Waals surface area contributed by atoms with Gasteiger partial charge in [-0.1, -0.05) is 47.7 Å². The number of nitrogens with zero attached hydrogens (tertiary/aromatic N) is 4. The molecule has 0 fully saturated rings. The van der Waals surface area contributed by atoms with Gasteiger partial charge in [0, 0.05) is 37.7 Å². The van der Waals surface area contributed by atoms with Gasteiger partial charge in [-0.2, -0.15) is 0 Å². The van der Waals surface area contributed by atoms with E-state index in [2.05, 4.69) is 42.0 Å². The normalized spacial score (nSPS) is 16.0. The SMILES string of the molecule is CCn1nnc2c(F)c(C(CC(=O)O)c3ccc(C)c(CN4Cc5ccccc5OC(C)(C)C4)c3)ccc21. The number of aliphatic carboxylic acids is 1. The number of aromatic nitrogens is 3. The summed E-state index contributed by atoms with van der Waals surface area (Å²) in [6, 6.07) is 17.5. The van der Waals surface area contributed by atoms with Crippen LogP contribution < -0.4 is 4.74 Å². The fraction of sp³-hybridized carbons (Fsp3) is 0.367. The minimum Gasteiger partial charge on any atom is -0.486 e. The molecule has 0 spiro atoms. The van der Waals surface area contributed by atoms with Crippen molar-refractivity contribution in [2.45, 2.75) is 65.3 Å². The molecule has 7 nitrogen and oxygen atoms in total. The number of rotatable bonds is 7. The van der Waals surface area contributed by atoms with Gasteiger partial charge in [0.25, 0.3) is 0 Å². The molecule has 4 aromatic rings. The molecule has 38 heavy (non-hydrogen) atoms. The standard InChI is InChI=1S/C30H33FN4O3/c1-5-35-25-13-12-23(28(31)29(25)32-33-35)24(15-27(36)37)20-11-10-19(2)22(14-20)17-34-16-21-8-6-7-9-26(21)38-30(3,4)18-34/h6-14,24H,5,15-18H2,1-4H3,(H,36,37). The second kappa shape index (κ2) is 10.2.